The van der Waals surface area contributed by atoms with E-state index in [1.54, 1.807) is 6.92 Å². The number of aryl methyl sites for hydroxylation is 1. The number of carbonyl (C=O) groups is 2. The average Bonchev–Trinajstić information content (AvgIpc) is 2.88. The van der Waals surface area contributed by atoms with Crippen LogP contribution in [0.1, 0.15) is 25.3 Å². The Kier molecular flexibility index (Phi) is 4.98. The summed E-state index contributed by atoms with van der Waals surface area (Å²) in [5, 5.41) is 12.7. The van der Waals surface area contributed by atoms with E-state index < -0.39 is 11.9 Å². The highest BCUT2D eigenvalue weighted by atomic mass is 16.4. The number of hydrogen-bond acceptors (Lipinski definition) is 2. The zero-order valence-corrected chi connectivity index (χ0v) is 12.1. The second kappa shape index (κ2) is 6.92. The van der Waals surface area contributed by atoms with Gasteiger partial charge in [0.25, 0.3) is 0 Å². The van der Waals surface area contributed by atoms with E-state index in [1.165, 1.54) is 0 Å². The molecule has 1 atom stereocenters. The van der Waals surface area contributed by atoms with E-state index in [9.17, 15) is 9.59 Å². The van der Waals surface area contributed by atoms with Crippen LogP contribution in [-0.2, 0) is 16.0 Å². The molecule has 0 aliphatic rings. The van der Waals surface area contributed by atoms with Crippen LogP contribution in [0, 0.1) is 5.92 Å². The summed E-state index contributed by atoms with van der Waals surface area (Å²) in [5.74, 6) is -1.31. The highest BCUT2D eigenvalue weighted by Crippen LogP contribution is 2.18. The quantitative estimate of drug-likeness (QED) is 0.731. The molecule has 0 spiro atoms. The van der Waals surface area contributed by atoms with Crippen LogP contribution >= 0.6 is 0 Å². The van der Waals surface area contributed by atoms with Crippen LogP contribution in [-0.4, -0.2) is 28.5 Å². The van der Waals surface area contributed by atoms with Gasteiger partial charge in [0.15, 0.2) is 0 Å². The van der Waals surface area contributed by atoms with Gasteiger partial charge in [0, 0.05) is 30.1 Å². The molecule has 0 radical (unpaired) electrons. The Morgan fingerprint density at radius 3 is 2.86 bits per heavy atom. The number of aliphatic carboxylic acids is 1. The maximum Gasteiger partial charge on any atom is 0.306 e. The van der Waals surface area contributed by atoms with Crippen LogP contribution in [0.3, 0.4) is 0 Å². The van der Waals surface area contributed by atoms with Gasteiger partial charge in [-0.1, -0.05) is 25.1 Å². The van der Waals surface area contributed by atoms with Gasteiger partial charge in [-0.3, -0.25) is 9.59 Å². The molecule has 0 aliphatic carbocycles. The van der Waals surface area contributed by atoms with Crippen molar-refractivity contribution >= 4 is 22.8 Å². The third kappa shape index (κ3) is 4.08. The fourth-order valence-electron chi connectivity index (χ4n) is 2.23. The molecule has 5 nitrogen and oxygen atoms in total. The molecular weight excluding hydrogens is 268 g/mol. The first-order valence-electron chi connectivity index (χ1n) is 7.12. The molecule has 1 unspecified atom stereocenters. The first kappa shape index (κ1) is 15.1. The van der Waals surface area contributed by atoms with Crippen molar-refractivity contribution in [2.24, 2.45) is 5.92 Å². The third-order valence-corrected chi connectivity index (χ3v) is 3.62. The largest absolute Gasteiger partial charge is 0.481 e. The highest BCUT2D eigenvalue weighted by Gasteiger charge is 2.11. The van der Waals surface area contributed by atoms with Crippen LogP contribution in [0.2, 0.25) is 0 Å². The molecule has 0 aliphatic heterocycles. The number of carboxylic acids is 1. The lowest BCUT2D eigenvalue weighted by atomic mass is 10.1. The summed E-state index contributed by atoms with van der Waals surface area (Å²) in [6.07, 6.45) is 3.46. The highest BCUT2D eigenvalue weighted by molar-refractivity contribution is 5.84. The van der Waals surface area contributed by atoms with Gasteiger partial charge in [0.05, 0.1) is 5.92 Å². The molecule has 1 amide bonds. The average molecular weight is 288 g/mol. The number of fused-ring (bicyclic) bond motifs is 1. The standard InChI is InChI=1S/C16H20N2O3/c1-11(16(20)21)8-9-17-15(19)7-6-12-10-18-14-5-3-2-4-13(12)14/h2-5,10-11,18H,6-9H2,1H3,(H,17,19)(H,20,21). The van der Waals surface area contributed by atoms with Crippen molar-refractivity contribution in [2.75, 3.05) is 6.54 Å². The Morgan fingerprint density at radius 1 is 1.33 bits per heavy atom. The Morgan fingerprint density at radius 2 is 2.10 bits per heavy atom. The number of amides is 1. The van der Waals surface area contributed by atoms with Gasteiger partial charge in [-0.2, -0.15) is 0 Å². The predicted molar refractivity (Wildman–Crippen MR) is 81.0 cm³/mol. The molecule has 2 aromatic rings. The van der Waals surface area contributed by atoms with Crippen LogP contribution in [0.4, 0.5) is 0 Å². The minimum absolute atomic E-state index is 0.0436. The Balaban J connectivity index is 1.78. The Hall–Kier alpha value is -2.30. The monoisotopic (exact) mass is 288 g/mol. The predicted octanol–water partition coefficient (Wildman–Crippen LogP) is 2.33. The summed E-state index contributed by atoms with van der Waals surface area (Å²) in [6, 6.07) is 7.99. The number of nitrogens with one attached hydrogen (secondary N) is 2. The Bertz CT molecular complexity index is 633. The van der Waals surface area contributed by atoms with Crippen LogP contribution < -0.4 is 5.32 Å². The molecule has 112 valence electrons. The minimum Gasteiger partial charge on any atom is -0.481 e. The minimum atomic E-state index is -0.831. The van der Waals surface area contributed by atoms with Gasteiger partial charge in [0.1, 0.15) is 0 Å². The van der Waals surface area contributed by atoms with E-state index in [4.69, 9.17) is 5.11 Å². The lowest BCUT2D eigenvalue weighted by Crippen LogP contribution is -2.27. The van der Waals surface area contributed by atoms with E-state index in [0.29, 0.717) is 25.8 Å². The maximum absolute atomic E-state index is 11.8. The lowest BCUT2D eigenvalue weighted by Gasteiger charge is -2.07. The second-order valence-electron chi connectivity index (χ2n) is 5.24. The smallest absolute Gasteiger partial charge is 0.306 e. The normalized spacial score (nSPS) is 12.2. The van der Waals surface area contributed by atoms with Crippen LogP contribution in [0.15, 0.2) is 30.5 Å². The fraction of sp³-hybridized carbons (Fsp3) is 0.375. The number of carbonyl (C=O) groups excluding carboxylic acids is 1. The number of para-hydroxylation sites is 1. The summed E-state index contributed by atoms with van der Waals surface area (Å²) in [7, 11) is 0. The first-order chi connectivity index (χ1) is 10.1. The van der Waals surface area contributed by atoms with Crippen molar-refractivity contribution in [1.82, 2.24) is 10.3 Å². The van der Waals surface area contributed by atoms with Crippen LogP contribution in [0.25, 0.3) is 10.9 Å². The summed E-state index contributed by atoms with van der Waals surface area (Å²) in [4.78, 5) is 25.6. The first-order valence-corrected chi connectivity index (χ1v) is 7.12. The van der Waals surface area contributed by atoms with Gasteiger partial charge < -0.3 is 15.4 Å². The molecule has 0 fully saturated rings. The summed E-state index contributed by atoms with van der Waals surface area (Å²) in [5.41, 5.74) is 2.20. The van der Waals surface area contributed by atoms with Crippen molar-refractivity contribution < 1.29 is 14.7 Å². The number of hydrogen-bond donors (Lipinski definition) is 3. The van der Waals surface area contributed by atoms with Gasteiger partial charge >= 0.3 is 5.97 Å². The van der Waals surface area contributed by atoms with E-state index in [0.717, 1.165) is 16.5 Å². The van der Waals surface area contributed by atoms with Crippen molar-refractivity contribution in [3.8, 4) is 0 Å². The second-order valence-corrected chi connectivity index (χ2v) is 5.24. The lowest BCUT2D eigenvalue weighted by molar-refractivity contribution is -0.141. The zero-order valence-electron chi connectivity index (χ0n) is 12.1. The molecular formula is C16H20N2O3. The molecule has 1 heterocycles. The number of benzene rings is 1. The molecule has 1 aromatic heterocycles. The molecule has 21 heavy (non-hydrogen) atoms. The van der Waals surface area contributed by atoms with E-state index in [2.05, 4.69) is 10.3 Å². The third-order valence-electron chi connectivity index (χ3n) is 3.62. The SMILES string of the molecule is CC(CCNC(=O)CCc1c[nH]c2ccccc12)C(=O)O. The van der Waals surface area contributed by atoms with Crippen molar-refractivity contribution in [3.63, 3.8) is 0 Å². The van der Waals surface area contributed by atoms with E-state index in [1.807, 2.05) is 30.5 Å². The molecule has 5 heteroatoms. The van der Waals surface area contributed by atoms with E-state index >= 15 is 0 Å². The molecule has 1 aromatic carbocycles. The summed E-state index contributed by atoms with van der Waals surface area (Å²) >= 11 is 0. The number of aromatic amines is 1. The number of H-pyrrole nitrogens is 1. The molecule has 3 N–H and O–H groups in total. The number of aromatic nitrogens is 1. The van der Waals surface area contributed by atoms with E-state index in [-0.39, 0.29) is 5.91 Å². The number of rotatable bonds is 7. The molecule has 0 bridgehead atoms. The molecule has 0 saturated heterocycles. The Labute approximate surface area is 123 Å². The van der Waals surface area contributed by atoms with Gasteiger partial charge in [-0.25, -0.2) is 0 Å². The van der Waals surface area contributed by atoms with Crippen molar-refractivity contribution in [3.05, 3.63) is 36.0 Å². The van der Waals surface area contributed by atoms with Gasteiger partial charge in [-0.05, 0) is 24.5 Å². The van der Waals surface area contributed by atoms with Crippen LogP contribution in [0.5, 0.6) is 0 Å². The van der Waals surface area contributed by atoms with Crippen molar-refractivity contribution in [2.45, 2.75) is 26.2 Å². The number of carboxylic acid groups (broad SMARTS) is 1. The fourth-order valence-corrected chi connectivity index (χ4v) is 2.23. The maximum atomic E-state index is 11.8. The molecule has 2 rings (SSSR count). The summed E-state index contributed by atoms with van der Waals surface area (Å²) in [6.45, 7) is 2.04. The zero-order chi connectivity index (χ0) is 15.2. The summed E-state index contributed by atoms with van der Waals surface area (Å²) < 4.78 is 0. The van der Waals surface area contributed by atoms with Gasteiger partial charge in [0.2, 0.25) is 5.91 Å². The van der Waals surface area contributed by atoms with Gasteiger partial charge in [-0.15, -0.1) is 0 Å². The molecule has 0 saturated carbocycles. The topological polar surface area (TPSA) is 82.2 Å². The van der Waals surface area contributed by atoms with Crippen molar-refractivity contribution in [1.29, 1.82) is 0 Å².